The number of aliphatic hydroxyl groups is 1. The zero-order chi connectivity index (χ0) is 14.4. The van der Waals surface area contributed by atoms with Gasteiger partial charge in [0.25, 0.3) is 5.91 Å². The molecular formula is C15H19NO3S. The van der Waals surface area contributed by atoms with E-state index in [1.807, 2.05) is 12.3 Å². The van der Waals surface area contributed by atoms with Crippen LogP contribution in [-0.4, -0.2) is 36.4 Å². The Kier molecular flexibility index (Phi) is 5.60. The normalized spacial score (nSPS) is 20.7. The molecule has 1 amide bonds. The lowest BCUT2D eigenvalue weighted by Gasteiger charge is -2.35. The first-order chi connectivity index (χ1) is 9.72. The van der Waals surface area contributed by atoms with E-state index in [9.17, 15) is 4.79 Å². The highest BCUT2D eigenvalue weighted by molar-refractivity contribution is 7.10. The Balaban J connectivity index is 1.81. The van der Waals surface area contributed by atoms with Gasteiger partial charge < -0.3 is 15.2 Å². The van der Waals surface area contributed by atoms with Gasteiger partial charge in [0.05, 0.1) is 23.2 Å². The minimum atomic E-state index is -0.0450. The van der Waals surface area contributed by atoms with Crippen LogP contribution in [0, 0.1) is 11.8 Å². The molecule has 20 heavy (non-hydrogen) atoms. The van der Waals surface area contributed by atoms with Crippen LogP contribution in [0.4, 0.5) is 0 Å². The fourth-order valence-corrected chi connectivity index (χ4v) is 2.81. The number of amides is 1. The summed E-state index contributed by atoms with van der Waals surface area (Å²) < 4.78 is 5.47. The molecule has 1 fully saturated rings. The molecule has 0 spiro atoms. The molecule has 108 valence electrons. The van der Waals surface area contributed by atoms with Crippen molar-refractivity contribution in [2.45, 2.75) is 38.3 Å². The molecule has 4 nitrogen and oxygen atoms in total. The molecule has 1 aliphatic carbocycles. The zero-order valence-corrected chi connectivity index (χ0v) is 12.3. The van der Waals surface area contributed by atoms with Gasteiger partial charge >= 0.3 is 0 Å². The molecule has 1 aromatic rings. The molecule has 1 heterocycles. The Hall–Kier alpha value is -1.35. The molecule has 0 bridgehead atoms. The summed E-state index contributed by atoms with van der Waals surface area (Å²) in [6.45, 7) is 2.77. The van der Waals surface area contributed by atoms with Crippen molar-refractivity contribution in [3.05, 3.63) is 21.9 Å². The van der Waals surface area contributed by atoms with Gasteiger partial charge in [0.2, 0.25) is 0 Å². The van der Waals surface area contributed by atoms with Crippen LogP contribution in [0.2, 0.25) is 0 Å². The Morgan fingerprint density at radius 2 is 2.40 bits per heavy atom. The summed E-state index contributed by atoms with van der Waals surface area (Å²) in [6, 6.07) is 2.02. The topological polar surface area (TPSA) is 58.6 Å². The molecule has 2 N–H and O–H groups in total. The van der Waals surface area contributed by atoms with Crippen molar-refractivity contribution in [2.75, 3.05) is 13.2 Å². The molecule has 5 heteroatoms. The third-order valence-corrected chi connectivity index (χ3v) is 3.99. The zero-order valence-electron chi connectivity index (χ0n) is 11.5. The van der Waals surface area contributed by atoms with Crippen LogP contribution in [0.25, 0.3) is 0 Å². The quantitative estimate of drug-likeness (QED) is 0.814. The molecule has 1 saturated carbocycles. The number of nitrogens with one attached hydrogen (secondary N) is 1. The van der Waals surface area contributed by atoms with E-state index in [1.54, 1.807) is 6.07 Å². The Bertz CT molecular complexity index is 509. The first-order valence-corrected chi connectivity index (χ1v) is 7.71. The van der Waals surface area contributed by atoms with Crippen LogP contribution in [-0.2, 0) is 4.74 Å². The lowest BCUT2D eigenvalue weighted by atomic mass is 9.89. The second kappa shape index (κ2) is 7.44. The minimum absolute atomic E-state index is 0.0450. The number of rotatable bonds is 5. The molecular weight excluding hydrogens is 274 g/mol. The average molecular weight is 293 g/mol. The van der Waals surface area contributed by atoms with Gasteiger partial charge in [0, 0.05) is 24.4 Å². The summed E-state index contributed by atoms with van der Waals surface area (Å²) in [7, 11) is 0. The molecule has 0 aromatic carbocycles. The smallest absolute Gasteiger partial charge is 0.252 e. The van der Waals surface area contributed by atoms with Crippen molar-refractivity contribution in [1.29, 1.82) is 0 Å². The van der Waals surface area contributed by atoms with E-state index in [-0.39, 0.29) is 18.6 Å². The van der Waals surface area contributed by atoms with Crippen molar-refractivity contribution in [1.82, 2.24) is 5.32 Å². The third-order valence-electron chi connectivity index (χ3n) is 3.14. The van der Waals surface area contributed by atoms with Crippen molar-refractivity contribution >= 4 is 17.2 Å². The van der Waals surface area contributed by atoms with E-state index in [1.165, 1.54) is 11.3 Å². The fraction of sp³-hybridized carbons (Fsp3) is 0.533. The molecule has 1 aliphatic rings. The van der Waals surface area contributed by atoms with Crippen LogP contribution in [0.1, 0.15) is 41.4 Å². The number of thiophene rings is 1. The Labute approximate surface area is 123 Å². The Morgan fingerprint density at radius 3 is 3.10 bits per heavy atom. The Morgan fingerprint density at radius 1 is 1.60 bits per heavy atom. The van der Waals surface area contributed by atoms with E-state index in [4.69, 9.17) is 9.84 Å². The molecule has 0 radical (unpaired) electrons. The number of carbonyl (C=O) groups is 1. The van der Waals surface area contributed by atoms with E-state index in [2.05, 4.69) is 17.2 Å². The molecule has 0 aliphatic heterocycles. The van der Waals surface area contributed by atoms with Gasteiger partial charge in [-0.05, 0) is 25.8 Å². The summed E-state index contributed by atoms with van der Waals surface area (Å²) >= 11 is 1.45. The maximum Gasteiger partial charge on any atom is 0.252 e. The van der Waals surface area contributed by atoms with Crippen LogP contribution in [0.3, 0.4) is 0 Å². The van der Waals surface area contributed by atoms with Gasteiger partial charge in [0.1, 0.15) is 0 Å². The maximum atomic E-state index is 12.0. The van der Waals surface area contributed by atoms with Crippen LogP contribution in [0.5, 0.6) is 0 Å². The first kappa shape index (κ1) is 15.0. The van der Waals surface area contributed by atoms with E-state index < -0.39 is 0 Å². The van der Waals surface area contributed by atoms with Gasteiger partial charge in [0.15, 0.2) is 0 Å². The molecule has 0 saturated heterocycles. The standard InChI is InChI=1S/C15H19NO3S/c1-2-19-13-8-12(9-13)16-15(18)11-7-14(20-10-11)5-3-4-6-17/h7,10,12-13,17H,2,4,6,8-9H2,1H3,(H,16,18). The number of hydrogen-bond acceptors (Lipinski definition) is 4. The van der Waals surface area contributed by atoms with Crippen LogP contribution in [0.15, 0.2) is 11.4 Å². The minimum Gasteiger partial charge on any atom is -0.395 e. The highest BCUT2D eigenvalue weighted by Crippen LogP contribution is 2.24. The highest BCUT2D eigenvalue weighted by Gasteiger charge is 2.30. The molecule has 2 rings (SSSR count). The third kappa shape index (κ3) is 4.07. The molecule has 1 aromatic heterocycles. The predicted molar refractivity (Wildman–Crippen MR) is 78.8 cm³/mol. The van der Waals surface area contributed by atoms with E-state index in [0.717, 1.165) is 24.3 Å². The number of carbonyl (C=O) groups excluding carboxylic acids is 1. The monoisotopic (exact) mass is 293 g/mol. The van der Waals surface area contributed by atoms with Gasteiger partial charge in [-0.2, -0.15) is 0 Å². The van der Waals surface area contributed by atoms with Crippen molar-refractivity contribution in [3.63, 3.8) is 0 Å². The summed E-state index contributed by atoms with van der Waals surface area (Å²) in [5.74, 6) is 5.74. The van der Waals surface area contributed by atoms with Crippen molar-refractivity contribution in [2.24, 2.45) is 0 Å². The van der Waals surface area contributed by atoms with E-state index in [0.29, 0.717) is 18.1 Å². The summed E-state index contributed by atoms with van der Waals surface area (Å²) in [5.41, 5.74) is 0.656. The predicted octanol–water partition coefficient (Wildman–Crippen LogP) is 1.78. The average Bonchev–Trinajstić information content (AvgIpc) is 2.85. The van der Waals surface area contributed by atoms with Crippen LogP contribution >= 0.6 is 11.3 Å². The second-order valence-electron chi connectivity index (χ2n) is 4.69. The van der Waals surface area contributed by atoms with Crippen molar-refractivity contribution in [3.8, 4) is 11.8 Å². The molecule has 0 unspecified atom stereocenters. The lowest BCUT2D eigenvalue weighted by Crippen LogP contribution is -2.47. The lowest BCUT2D eigenvalue weighted by molar-refractivity contribution is -0.00862. The second-order valence-corrected chi connectivity index (χ2v) is 5.61. The first-order valence-electron chi connectivity index (χ1n) is 6.83. The summed E-state index contributed by atoms with van der Waals surface area (Å²) in [6.07, 6.45) is 2.55. The number of hydrogen-bond donors (Lipinski definition) is 2. The van der Waals surface area contributed by atoms with Gasteiger partial charge in [-0.3, -0.25) is 4.79 Å². The van der Waals surface area contributed by atoms with Gasteiger partial charge in [-0.15, -0.1) is 11.3 Å². The maximum absolute atomic E-state index is 12.0. The number of ether oxygens (including phenoxy) is 1. The van der Waals surface area contributed by atoms with E-state index >= 15 is 0 Å². The van der Waals surface area contributed by atoms with Gasteiger partial charge in [-0.25, -0.2) is 0 Å². The van der Waals surface area contributed by atoms with Crippen LogP contribution < -0.4 is 5.32 Å². The SMILES string of the molecule is CCOC1CC(NC(=O)c2csc(C#CCCO)c2)C1. The fourth-order valence-electron chi connectivity index (χ4n) is 2.05. The summed E-state index contributed by atoms with van der Waals surface area (Å²) in [4.78, 5) is 12.9. The highest BCUT2D eigenvalue weighted by atomic mass is 32.1. The van der Waals surface area contributed by atoms with Gasteiger partial charge in [-0.1, -0.05) is 11.8 Å². The summed E-state index contributed by atoms with van der Waals surface area (Å²) in [5, 5.41) is 13.5. The van der Waals surface area contributed by atoms with Crippen molar-refractivity contribution < 1.29 is 14.6 Å². The largest absolute Gasteiger partial charge is 0.395 e. The molecule has 0 atom stereocenters. The number of aliphatic hydroxyl groups excluding tert-OH is 1.